The van der Waals surface area contributed by atoms with Crippen LogP contribution < -0.4 is 0 Å². The van der Waals surface area contributed by atoms with Gasteiger partial charge in [0.2, 0.25) is 0 Å². The van der Waals surface area contributed by atoms with Crippen LogP contribution in [0.15, 0.2) is 0 Å². The summed E-state index contributed by atoms with van der Waals surface area (Å²) in [5.74, 6) is 2.86. The molecular weight excluding hydrogens is 196 g/mol. The van der Waals surface area contributed by atoms with Crippen LogP contribution in [0.4, 0.5) is 0 Å². The summed E-state index contributed by atoms with van der Waals surface area (Å²) in [6.45, 7) is 10.6. The lowest BCUT2D eigenvalue weighted by Gasteiger charge is -2.55. The fourth-order valence-electron chi connectivity index (χ4n) is 3.92. The molecule has 0 radical (unpaired) electrons. The number of ether oxygens (including phenoxy) is 1. The van der Waals surface area contributed by atoms with Crippen molar-refractivity contribution in [1.82, 2.24) is 0 Å². The first-order chi connectivity index (χ1) is 7.50. The minimum absolute atomic E-state index is 0.477. The fraction of sp³-hybridized carbons (Fsp3) is 1.00. The summed E-state index contributed by atoms with van der Waals surface area (Å²) in [5, 5.41) is 0. The lowest BCUT2D eigenvalue weighted by atomic mass is 9.51. The molecule has 4 unspecified atom stereocenters. The topological polar surface area (TPSA) is 9.23 Å². The molecule has 0 N–H and O–H groups in total. The highest BCUT2D eigenvalue weighted by Gasteiger charge is 2.48. The molecule has 0 bridgehead atoms. The molecule has 1 aliphatic carbocycles. The van der Waals surface area contributed by atoms with Gasteiger partial charge in [0, 0.05) is 6.61 Å². The molecule has 0 spiro atoms. The molecule has 1 heterocycles. The predicted octanol–water partition coefficient (Wildman–Crippen LogP) is 4.26. The van der Waals surface area contributed by atoms with Gasteiger partial charge in [-0.3, -0.25) is 0 Å². The Labute approximate surface area is 101 Å². The largest absolute Gasteiger partial charge is 0.379 e. The molecular formula is C15H28O. The second kappa shape index (κ2) is 4.68. The summed E-state index contributed by atoms with van der Waals surface area (Å²) < 4.78 is 5.84. The Balaban J connectivity index is 1.99. The monoisotopic (exact) mass is 224 g/mol. The summed E-state index contributed by atoms with van der Waals surface area (Å²) in [6.07, 6.45) is 7.19. The molecule has 2 fully saturated rings. The van der Waals surface area contributed by atoms with E-state index < -0.39 is 0 Å². The van der Waals surface area contributed by atoms with Crippen molar-refractivity contribution < 1.29 is 4.74 Å². The van der Waals surface area contributed by atoms with Gasteiger partial charge < -0.3 is 4.74 Å². The first kappa shape index (κ1) is 12.4. The van der Waals surface area contributed by atoms with E-state index in [0.717, 1.165) is 24.4 Å². The van der Waals surface area contributed by atoms with Gasteiger partial charge in [-0.05, 0) is 62.2 Å². The van der Waals surface area contributed by atoms with Gasteiger partial charge in [-0.25, -0.2) is 0 Å². The first-order valence-corrected chi connectivity index (χ1v) is 7.12. The maximum Gasteiger partial charge on any atom is 0.0547 e. The van der Waals surface area contributed by atoms with Crippen LogP contribution in [0.25, 0.3) is 0 Å². The molecule has 94 valence electrons. The highest BCUT2D eigenvalue weighted by atomic mass is 16.5. The van der Waals surface area contributed by atoms with E-state index in [-0.39, 0.29) is 0 Å². The normalized spacial score (nSPS) is 44.2. The maximum absolute atomic E-state index is 5.84. The Hall–Kier alpha value is -0.0400. The first-order valence-electron chi connectivity index (χ1n) is 7.12. The molecule has 0 aromatic rings. The van der Waals surface area contributed by atoms with Crippen LogP contribution in [0.3, 0.4) is 0 Å². The molecule has 2 aliphatic rings. The molecule has 1 nitrogen and oxygen atoms in total. The van der Waals surface area contributed by atoms with Gasteiger partial charge in [-0.1, -0.05) is 20.8 Å². The lowest BCUT2D eigenvalue weighted by molar-refractivity contribution is -0.0680. The van der Waals surface area contributed by atoms with Crippen molar-refractivity contribution in [2.24, 2.45) is 23.2 Å². The van der Waals surface area contributed by atoms with E-state index in [1.165, 1.54) is 32.1 Å². The Morgan fingerprint density at radius 3 is 2.50 bits per heavy atom. The van der Waals surface area contributed by atoms with Crippen molar-refractivity contribution in [2.75, 3.05) is 6.61 Å². The van der Waals surface area contributed by atoms with Crippen LogP contribution in [0, 0.1) is 23.2 Å². The highest BCUT2D eigenvalue weighted by Crippen LogP contribution is 2.56. The highest BCUT2D eigenvalue weighted by molar-refractivity contribution is 4.97. The SMILES string of the molecule is CC1CCC2C(CC2(C)C)C(C)CCCO1. The van der Waals surface area contributed by atoms with Crippen LogP contribution in [-0.4, -0.2) is 12.7 Å². The van der Waals surface area contributed by atoms with Gasteiger partial charge >= 0.3 is 0 Å². The molecule has 1 saturated carbocycles. The molecule has 1 heteroatoms. The van der Waals surface area contributed by atoms with Gasteiger partial charge in [0.25, 0.3) is 0 Å². The van der Waals surface area contributed by atoms with Gasteiger partial charge in [-0.2, -0.15) is 0 Å². The van der Waals surface area contributed by atoms with Gasteiger partial charge in [0.1, 0.15) is 0 Å². The van der Waals surface area contributed by atoms with Crippen molar-refractivity contribution in [3.05, 3.63) is 0 Å². The molecule has 0 aromatic carbocycles. The van der Waals surface area contributed by atoms with Gasteiger partial charge in [0.15, 0.2) is 0 Å². The van der Waals surface area contributed by atoms with E-state index >= 15 is 0 Å². The fourth-order valence-corrected chi connectivity index (χ4v) is 3.92. The number of rotatable bonds is 0. The Morgan fingerprint density at radius 1 is 1.06 bits per heavy atom. The lowest BCUT2D eigenvalue weighted by Crippen LogP contribution is -2.47. The van der Waals surface area contributed by atoms with Crippen LogP contribution >= 0.6 is 0 Å². The molecule has 0 aromatic heterocycles. The van der Waals surface area contributed by atoms with E-state index in [2.05, 4.69) is 27.7 Å². The molecule has 1 saturated heterocycles. The van der Waals surface area contributed by atoms with Gasteiger partial charge in [-0.15, -0.1) is 0 Å². The third kappa shape index (κ3) is 2.45. The maximum atomic E-state index is 5.84. The minimum Gasteiger partial charge on any atom is -0.379 e. The quantitative estimate of drug-likeness (QED) is 0.597. The predicted molar refractivity (Wildman–Crippen MR) is 68.4 cm³/mol. The molecule has 16 heavy (non-hydrogen) atoms. The summed E-state index contributed by atoms with van der Waals surface area (Å²) >= 11 is 0. The zero-order valence-electron chi connectivity index (χ0n) is 11.5. The number of hydrogen-bond acceptors (Lipinski definition) is 1. The summed E-state index contributed by atoms with van der Waals surface area (Å²) in [4.78, 5) is 0. The van der Waals surface area contributed by atoms with E-state index in [1.807, 2.05) is 0 Å². The zero-order chi connectivity index (χ0) is 11.8. The second-order valence-corrected chi connectivity index (χ2v) is 6.84. The van der Waals surface area contributed by atoms with Crippen molar-refractivity contribution in [3.8, 4) is 0 Å². The summed E-state index contributed by atoms with van der Waals surface area (Å²) in [7, 11) is 0. The Morgan fingerprint density at radius 2 is 1.81 bits per heavy atom. The van der Waals surface area contributed by atoms with Crippen molar-refractivity contribution >= 4 is 0 Å². The Kier molecular flexibility index (Phi) is 3.63. The van der Waals surface area contributed by atoms with Crippen LogP contribution in [0.2, 0.25) is 0 Å². The minimum atomic E-state index is 0.477. The summed E-state index contributed by atoms with van der Waals surface area (Å²) in [6, 6.07) is 0. The summed E-state index contributed by atoms with van der Waals surface area (Å²) in [5.41, 5.74) is 0.595. The van der Waals surface area contributed by atoms with E-state index in [9.17, 15) is 0 Å². The van der Waals surface area contributed by atoms with E-state index in [1.54, 1.807) is 0 Å². The zero-order valence-corrected chi connectivity index (χ0v) is 11.5. The number of hydrogen-bond donors (Lipinski definition) is 0. The van der Waals surface area contributed by atoms with Crippen LogP contribution in [-0.2, 0) is 4.74 Å². The number of fused-ring (bicyclic) bond motifs is 1. The van der Waals surface area contributed by atoms with Crippen molar-refractivity contribution in [2.45, 2.75) is 65.9 Å². The van der Waals surface area contributed by atoms with Gasteiger partial charge in [0.05, 0.1) is 6.10 Å². The molecule has 2 rings (SSSR count). The van der Waals surface area contributed by atoms with E-state index in [4.69, 9.17) is 4.74 Å². The average molecular weight is 224 g/mol. The van der Waals surface area contributed by atoms with Crippen LogP contribution in [0.1, 0.15) is 59.8 Å². The molecule has 0 amide bonds. The average Bonchev–Trinajstić information content (AvgIpc) is 2.20. The van der Waals surface area contributed by atoms with Crippen molar-refractivity contribution in [3.63, 3.8) is 0 Å². The van der Waals surface area contributed by atoms with E-state index in [0.29, 0.717) is 11.5 Å². The van der Waals surface area contributed by atoms with Crippen molar-refractivity contribution in [1.29, 1.82) is 0 Å². The molecule has 1 aliphatic heterocycles. The standard InChI is InChI=1S/C15H28O/c1-11-6-5-9-16-12(2)7-8-14-13(11)10-15(14,3)4/h11-14H,5-10H2,1-4H3. The third-order valence-electron chi connectivity index (χ3n) is 5.10. The third-order valence-corrected chi connectivity index (χ3v) is 5.10. The van der Waals surface area contributed by atoms with Crippen LogP contribution in [0.5, 0.6) is 0 Å². The molecule has 4 atom stereocenters. The smallest absolute Gasteiger partial charge is 0.0547 e. The second-order valence-electron chi connectivity index (χ2n) is 6.84. The Bertz CT molecular complexity index is 234.